The summed E-state index contributed by atoms with van der Waals surface area (Å²) in [6.45, 7) is 12.2. The fourth-order valence-electron chi connectivity index (χ4n) is 6.87. The van der Waals surface area contributed by atoms with Gasteiger partial charge in [-0.05, 0) is 110 Å². The summed E-state index contributed by atoms with van der Waals surface area (Å²) < 4.78 is 96.9. The Bertz CT molecular complexity index is 2570. The second kappa shape index (κ2) is 16.7. The second-order valence-corrected chi connectivity index (χ2v) is 15.0. The minimum absolute atomic E-state index is 0.114. The first-order valence-corrected chi connectivity index (χ1v) is 18.4. The molecule has 61 heavy (non-hydrogen) atoms. The molecule has 0 spiro atoms. The third-order valence-electron chi connectivity index (χ3n) is 10.1. The number of carboxylic acids is 2. The van der Waals surface area contributed by atoms with Crippen LogP contribution in [0.15, 0.2) is 72.8 Å². The van der Waals surface area contributed by atoms with Gasteiger partial charge < -0.3 is 30.3 Å². The highest BCUT2D eigenvalue weighted by Gasteiger charge is 2.37. The zero-order chi connectivity index (χ0) is 45.5. The van der Waals surface area contributed by atoms with Crippen molar-refractivity contribution in [3.05, 3.63) is 145 Å². The van der Waals surface area contributed by atoms with Crippen molar-refractivity contribution in [2.75, 3.05) is 12.4 Å². The van der Waals surface area contributed by atoms with Crippen molar-refractivity contribution in [2.24, 2.45) is 0 Å². The number of nitrogens with one attached hydrogen (secondary N) is 2. The molecule has 320 valence electrons. The lowest BCUT2D eigenvalue weighted by Crippen LogP contribution is -2.24. The predicted molar refractivity (Wildman–Crippen MR) is 213 cm³/mol. The van der Waals surface area contributed by atoms with Gasteiger partial charge >= 0.3 is 24.3 Å². The largest absolute Gasteiger partial charge is 0.478 e. The number of aromatic carboxylic acids is 2. The van der Waals surface area contributed by atoms with Crippen LogP contribution in [0.4, 0.5) is 32.0 Å². The molecule has 10 nitrogen and oxygen atoms in total. The van der Waals surface area contributed by atoms with E-state index >= 15 is 0 Å². The smallest absolute Gasteiger partial charge is 0.420 e. The van der Waals surface area contributed by atoms with Crippen LogP contribution in [0.5, 0.6) is 23.0 Å². The molecule has 0 unspecified atom stereocenters. The fraction of sp³-hybridized carbons (Fsp3) is 0.244. The number of halogens is 6. The van der Waals surface area contributed by atoms with Gasteiger partial charge in [-0.25, -0.2) is 9.59 Å². The van der Waals surface area contributed by atoms with Crippen LogP contribution >= 0.6 is 0 Å². The number of benzene rings is 5. The summed E-state index contributed by atoms with van der Waals surface area (Å²) in [6, 6.07) is 15.0. The highest BCUT2D eigenvalue weighted by molar-refractivity contribution is 6.14. The van der Waals surface area contributed by atoms with Crippen LogP contribution in [0.25, 0.3) is 0 Å². The van der Waals surface area contributed by atoms with E-state index in [1.807, 2.05) is 26.0 Å². The summed E-state index contributed by atoms with van der Waals surface area (Å²) in [6.07, 6.45) is -9.65. The molecule has 5 rings (SSSR count). The van der Waals surface area contributed by atoms with E-state index in [-0.39, 0.29) is 17.2 Å². The van der Waals surface area contributed by atoms with Gasteiger partial charge in [0.25, 0.3) is 11.8 Å². The van der Waals surface area contributed by atoms with Crippen LogP contribution in [0.1, 0.15) is 105 Å². The van der Waals surface area contributed by atoms with Crippen LogP contribution in [-0.4, -0.2) is 41.0 Å². The monoisotopic (exact) mass is 850 g/mol. The molecule has 0 aliphatic carbocycles. The van der Waals surface area contributed by atoms with Gasteiger partial charge in [0.15, 0.2) is 0 Å². The van der Waals surface area contributed by atoms with E-state index in [9.17, 15) is 55.7 Å². The van der Waals surface area contributed by atoms with E-state index in [1.54, 1.807) is 46.8 Å². The average Bonchev–Trinajstić information content (AvgIpc) is 3.16. The molecule has 0 aliphatic rings. The van der Waals surface area contributed by atoms with Gasteiger partial charge in [-0.1, -0.05) is 49.7 Å². The quantitative estimate of drug-likeness (QED) is 0.0959. The average molecular weight is 851 g/mol. The minimum atomic E-state index is -5.01. The molecule has 5 aromatic rings. The maximum absolute atomic E-state index is 14.5. The summed E-state index contributed by atoms with van der Waals surface area (Å²) in [5, 5.41) is 23.6. The molecular formula is C45H40F6N2O8. The summed E-state index contributed by atoms with van der Waals surface area (Å²) in [7, 11) is 1.18. The van der Waals surface area contributed by atoms with E-state index in [0.717, 1.165) is 35.4 Å². The highest BCUT2D eigenvalue weighted by atomic mass is 19.4. The van der Waals surface area contributed by atoms with E-state index in [4.69, 9.17) is 9.47 Å². The third-order valence-corrected chi connectivity index (χ3v) is 10.1. The van der Waals surface area contributed by atoms with Crippen LogP contribution in [0.2, 0.25) is 0 Å². The molecule has 0 aliphatic heterocycles. The lowest BCUT2D eigenvalue weighted by molar-refractivity contribution is -0.139. The standard InChI is InChI=1S/C45H40F6N2O8/c1-21-9-11-35(33(13-21)44(46,47)48)60-37-22(2)14-26(15-23(37)3)43(6,7)27-16-24(4)38(25(5)17-27)61-36-12-10-28(18-34(36)45(49,50)51)53-40(55)30-19-29(39(54)52-8)31(41(56)57)20-32(30)42(58)59/h9-20H,1-8H3,(H,52,54)(H,53,55)(H,56,57)(H,58,59). The Morgan fingerprint density at radius 2 is 0.934 bits per heavy atom. The maximum Gasteiger partial charge on any atom is 0.420 e. The predicted octanol–water partition coefficient (Wildman–Crippen LogP) is 11.2. The van der Waals surface area contributed by atoms with E-state index < -0.39 is 86.3 Å². The van der Waals surface area contributed by atoms with Gasteiger partial charge in [0, 0.05) is 18.2 Å². The molecule has 0 saturated carbocycles. The van der Waals surface area contributed by atoms with Crippen molar-refractivity contribution in [3.63, 3.8) is 0 Å². The highest BCUT2D eigenvalue weighted by Crippen LogP contribution is 2.45. The van der Waals surface area contributed by atoms with Crippen molar-refractivity contribution in [1.29, 1.82) is 0 Å². The number of alkyl halides is 6. The van der Waals surface area contributed by atoms with Gasteiger partial charge in [-0.15, -0.1) is 0 Å². The molecular weight excluding hydrogens is 810 g/mol. The Morgan fingerprint density at radius 1 is 0.541 bits per heavy atom. The SMILES string of the molecule is CNC(=O)c1cc(C(=O)Nc2ccc(Oc3c(C)cc(C(C)(C)c4cc(C)c(Oc5ccc(C)cc5C(F)(F)F)c(C)c4)cc3C)c(C(F)(F)F)c2)c(C(=O)O)cc1C(=O)O. The first-order chi connectivity index (χ1) is 28.2. The molecule has 4 N–H and O–H groups in total. The van der Waals surface area contributed by atoms with Crippen molar-refractivity contribution in [2.45, 2.75) is 66.2 Å². The zero-order valence-electron chi connectivity index (χ0n) is 34.0. The van der Waals surface area contributed by atoms with Crippen molar-refractivity contribution >= 4 is 29.4 Å². The number of carbonyl (C=O) groups is 4. The molecule has 0 aromatic heterocycles. The van der Waals surface area contributed by atoms with Crippen LogP contribution < -0.4 is 20.1 Å². The van der Waals surface area contributed by atoms with Gasteiger partial charge in [0.2, 0.25) is 0 Å². The van der Waals surface area contributed by atoms with Crippen molar-refractivity contribution in [1.82, 2.24) is 5.32 Å². The van der Waals surface area contributed by atoms with E-state index in [2.05, 4.69) is 10.6 Å². The normalized spacial score (nSPS) is 11.8. The molecule has 0 bridgehead atoms. The molecule has 0 saturated heterocycles. The van der Waals surface area contributed by atoms with Crippen LogP contribution in [-0.2, 0) is 17.8 Å². The lowest BCUT2D eigenvalue weighted by atomic mass is 9.76. The molecule has 0 atom stereocenters. The first-order valence-electron chi connectivity index (χ1n) is 18.4. The number of anilines is 1. The molecule has 0 radical (unpaired) electrons. The Hall–Kier alpha value is -6.84. The zero-order valence-corrected chi connectivity index (χ0v) is 34.0. The Balaban J connectivity index is 1.45. The summed E-state index contributed by atoms with van der Waals surface area (Å²) in [4.78, 5) is 49.4. The molecule has 5 aromatic carbocycles. The van der Waals surface area contributed by atoms with Gasteiger partial charge in [-0.2, -0.15) is 26.3 Å². The number of amides is 2. The maximum atomic E-state index is 14.5. The number of rotatable bonds is 11. The fourth-order valence-corrected chi connectivity index (χ4v) is 6.87. The van der Waals surface area contributed by atoms with Gasteiger partial charge in [-0.3, -0.25) is 9.59 Å². The Labute approximate surface area is 346 Å². The van der Waals surface area contributed by atoms with E-state index in [1.165, 1.54) is 19.2 Å². The van der Waals surface area contributed by atoms with E-state index in [0.29, 0.717) is 39.9 Å². The van der Waals surface area contributed by atoms with Gasteiger partial charge in [0.05, 0.1) is 27.8 Å². The summed E-state index contributed by atoms with van der Waals surface area (Å²) in [5.41, 5.74) is -2.02. The summed E-state index contributed by atoms with van der Waals surface area (Å²) >= 11 is 0. The molecule has 0 fully saturated rings. The van der Waals surface area contributed by atoms with Gasteiger partial charge in [0.1, 0.15) is 28.6 Å². The number of hydrogen-bond acceptors (Lipinski definition) is 6. The Morgan fingerprint density at radius 3 is 1.34 bits per heavy atom. The number of carboxylic acid groups (broad SMARTS) is 2. The minimum Gasteiger partial charge on any atom is -0.478 e. The van der Waals surface area contributed by atoms with Crippen molar-refractivity contribution in [3.8, 4) is 23.0 Å². The third kappa shape index (κ3) is 9.48. The van der Waals surface area contributed by atoms with Crippen molar-refractivity contribution < 1.29 is 65.2 Å². The van der Waals surface area contributed by atoms with Crippen LogP contribution in [0.3, 0.4) is 0 Å². The Kier molecular flexibility index (Phi) is 12.4. The molecule has 0 heterocycles. The lowest BCUT2D eigenvalue weighted by Gasteiger charge is -2.29. The summed E-state index contributed by atoms with van der Waals surface area (Å²) in [5.74, 6) is -6.14. The number of aryl methyl sites for hydroxylation is 5. The first kappa shape index (κ1) is 45.2. The number of hydrogen-bond donors (Lipinski definition) is 4. The number of ether oxygens (including phenoxy) is 2. The topological polar surface area (TPSA) is 151 Å². The second-order valence-electron chi connectivity index (χ2n) is 15.0. The molecule has 16 heteroatoms. The molecule has 2 amide bonds. The number of carbonyl (C=O) groups excluding carboxylic acids is 2. The van der Waals surface area contributed by atoms with Crippen LogP contribution in [0, 0.1) is 34.6 Å².